The third-order valence-corrected chi connectivity index (χ3v) is 3.91. The monoisotopic (exact) mass is 303 g/mol. The van der Waals surface area contributed by atoms with Gasteiger partial charge < -0.3 is 15.2 Å². The van der Waals surface area contributed by atoms with Crippen LogP contribution in [0.3, 0.4) is 0 Å². The smallest absolute Gasteiger partial charge is 0.308 e. The molecule has 0 saturated carbocycles. The molecule has 1 amide bonds. The van der Waals surface area contributed by atoms with Crippen LogP contribution in [-0.4, -0.2) is 30.6 Å². The number of para-hydroxylation sites is 1. The van der Waals surface area contributed by atoms with Crippen molar-refractivity contribution in [3.63, 3.8) is 0 Å². The Hall–Kier alpha value is -2.30. The molecule has 1 aromatic rings. The number of carbonyl (C=O) groups excluding carboxylic acids is 1. The van der Waals surface area contributed by atoms with Crippen molar-refractivity contribution in [2.24, 2.45) is 11.8 Å². The van der Waals surface area contributed by atoms with Gasteiger partial charge in [-0.2, -0.15) is 0 Å². The van der Waals surface area contributed by atoms with E-state index in [0.29, 0.717) is 12.2 Å². The van der Waals surface area contributed by atoms with Crippen molar-refractivity contribution in [1.82, 2.24) is 5.32 Å². The fourth-order valence-electron chi connectivity index (χ4n) is 2.58. The van der Waals surface area contributed by atoms with Crippen molar-refractivity contribution in [1.29, 1.82) is 0 Å². The van der Waals surface area contributed by atoms with Crippen LogP contribution in [0.4, 0.5) is 0 Å². The Bertz CT molecular complexity index is 560. The Morgan fingerprint density at radius 1 is 1.32 bits per heavy atom. The topological polar surface area (TPSA) is 75.6 Å². The highest BCUT2D eigenvalue weighted by molar-refractivity contribution is 5.80. The molecule has 118 valence electrons. The Balaban J connectivity index is 1.95. The van der Waals surface area contributed by atoms with E-state index in [1.807, 2.05) is 30.4 Å². The molecule has 0 bridgehead atoms. The van der Waals surface area contributed by atoms with Crippen LogP contribution in [0.15, 0.2) is 36.4 Å². The van der Waals surface area contributed by atoms with Gasteiger partial charge >= 0.3 is 5.97 Å². The van der Waals surface area contributed by atoms with Gasteiger partial charge in [-0.25, -0.2) is 0 Å². The number of hydrogen-bond acceptors (Lipinski definition) is 3. The van der Waals surface area contributed by atoms with Gasteiger partial charge in [-0.1, -0.05) is 30.4 Å². The van der Waals surface area contributed by atoms with Gasteiger partial charge in [0.1, 0.15) is 5.75 Å². The molecule has 0 saturated heterocycles. The first-order valence-corrected chi connectivity index (χ1v) is 7.39. The maximum atomic E-state index is 12.0. The minimum absolute atomic E-state index is 0.0549. The summed E-state index contributed by atoms with van der Waals surface area (Å²) >= 11 is 0. The first kappa shape index (κ1) is 16.1. The zero-order valence-electron chi connectivity index (χ0n) is 12.6. The number of amides is 1. The molecule has 1 aliphatic rings. The zero-order valence-corrected chi connectivity index (χ0v) is 12.6. The lowest BCUT2D eigenvalue weighted by Crippen LogP contribution is -2.37. The lowest BCUT2D eigenvalue weighted by molar-refractivity contribution is -0.141. The van der Waals surface area contributed by atoms with Crippen LogP contribution in [0.5, 0.6) is 5.75 Å². The van der Waals surface area contributed by atoms with E-state index in [1.165, 1.54) is 0 Å². The number of benzene rings is 1. The van der Waals surface area contributed by atoms with E-state index in [2.05, 4.69) is 5.32 Å². The third-order valence-electron chi connectivity index (χ3n) is 3.91. The summed E-state index contributed by atoms with van der Waals surface area (Å²) < 4.78 is 5.24. The van der Waals surface area contributed by atoms with Crippen molar-refractivity contribution in [2.45, 2.75) is 19.3 Å². The van der Waals surface area contributed by atoms with E-state index in [4.69, 9.17) is 4.74 Å². The second-order valence-electron chi connectivity index (χ2n) is 5.44. The van der Waals surface area contributed by atoms with E-state index in [-0.39, 0.29) is 18.4 Å². The first-order chi connectivity index (χ1) is 10.6. The minimum Gasteiger partial charge on any atom is -0.496 e. The van der Waals surface area contributed by atoms with E-state index >= 15 is 0 Å². The standard InChI is InChI=1S/C17H21NO4/c1-22-15-9-5-4-8-13(15)10-14(17(20)21)11-18-16(19)12-6-2-3-7-12/h2-5,8-9,12,14H,6-7,10-11H2,1H3,(H,18,19)(H,20,21). The average molecular weight is 303 g/mol. The lowest BCUT2D eigenvalue weighted by atomic mass is 9.98. The zero-order chi connectivity index (χ0) is 15.9. The van der Waals surface area contributed by atoms with E-state index in [1.54, 1.807) is 13.2 Å². The molecule has 1 aromatic carbocycles. The second kappa shape index (κ2) is 7.64. The van der Waals surface area contributed by atoms with Gasteiger partial charge in [0.25, 0.3) is 0 Å². The molecular weight excluding hydrogens is 282 g/mol. The first-order valence-electron chi connectivity index (χ1n) is 7.39. The number of rotatable bonds is 7. The van der Waals surface area contributed by atoms with Crippen LogP contribution < -0.4 is 10.1 Å². The summed E-state index contributed by atoms with van der Waals surface area (Å²) in [6.45, 7) is 0.128. The van der Waals surface area contributed by atoms with Crippen LogP contribution in [0.2, 0.25) is 0 Å². The average Bonchev–Trinajstić information content (AvgIpc) is 3.05. The van der Waals surface area contributed by atoms with Crippen LogP contribution in [0.25, 0.3) is 0 Å². The number of methoxy groups -OCH3 is 1. The molecule has 5 nitrogen and oxygen atoms in total. The summed E-state index contributed by atoms with van der Waals surface area (Å²) in [7, 11) is 1.56. The molecule has 0 fully saturated rings. The van der Waals surface area contributed by atoms with Gasteiger partial charge in [0.2, 0.25) is 5.91 Å². The summed E-state index contributed by atoms with van der Waals surface area (Å²) in [6, 6.07) is 7.33. The predicted molar refractivity (Wildman–Crippen MR) is 82.7 cm³/mol. The molecule has 0 spiro atoms. The van der Waals surface area contributed by atoms with Crippen molar-refractivity contribution in [2.75, 3.05) is 13.7 Å². The number of ether oxygens (including phenoxy) is 1. The van der Waals surface area contributed by atoms with Gasteiger partial charge in [-0.3, -0.25) is 9.59 Å². The van der Waals surface area contributed by atoms with E-state index < -0.39 is 11.9 Å². The number of allylic oxidation sites excluding steroid dienone is 2. The lowest BCUT2D eigenvalue weighted by Gasteiger charge is -2.17. The SMILES string of the molecule is COc1ccccc1CC(CNC(=O)C1CC=CC1)C(=O)O. The summed E-state index contributed by atoms with van der Waals surface area (Å²) in [5.74, 6) is -1.05. The summed E-state index contributed by atoms with van der Waals surface area (Å²) in [5, 5.41) is 12.1. The van der Waals surface area contributed by atoms with Gasteiger partial charge in [0, 0.05) is 12.5 Å². The second-order valence-corrected chi connectivity index (χ2v) is 5.44. The largest absolute Gasteiger partial charge is 0.496 e. The molecule has 0 aromatic heterocycles. The van der Waals surface area contributed by atoms with Crippen LogP contribution >= 0.6 is 0 Å². The van der Waals surface area contributed by atoms with Crippen LogP contribution in [0.1, 0.15) is 18.4 Å². The van der Waals surface area contributed by atoms with Crippen LogP contribution in [-0.2, 0) is 16.0 Å². The maximum Gasteiger partial charge on any atom is 0.308 e. The predicted octanol–water partition coefficient (Wildman–Crippen LogP) is 2.02. The Morgan fingerprint density at radius 2 is 2.00 bits per heavy atom. The Labute approximate surface area is 130 Å². The molecular formula is C17H21NO4. The number of aliphatic carboxylic acids is 1. The molecule has 0 radical (unpaired) electrons. The van der Waals surface area contributed by atoms with Gasteiger partial charge in [0.15, 0.2) is 0 Å². The summed E-state index contributed by atoms with van der Waals surface area (Å²) in [4.78, 5) is 23.4. The molecule has 0 heterocycles. The molecule has 2 N–H and O–H groups in total. The summed E-state index contributed by atoms with van der Waals surface area (Å²) in [5.41, 5.74) is 0.828. The quantitative estimate of drug-likeness (QED) is 0.756. The van der Waals surface area contributed by atoms with Crippen molar-refractivity contribution >= 4 is 11.9 Å². The van der Waals surface area contributed by atoms with Gasteiger partial charge in [-0.15, -0.1) is 0 Å². The number of hydrogen-bond donors (Lipinski definition) is 2. The summed E-state index contributed by atoms with van der Waals surface area (Å²) in [6.07, 6.45) is 5.75. The van der Waals surface area contributed by atoms with Gasteiger partial charge in [-0.05, 0) is 30.9 Å². The van der Waals surface area contributed by atoms with Crippen molar-refractivity contribution < 1.29 is 19.4 Å². The van der Waals surface area contributed by atoms with Crippen LogP contribution in [0, 0.1) is 11.8 Å². The van der Waals surface area contributed by atoms with Crippen molar-refractivity contribution in [3.8, 4) is 5.75 Å². The fourth-order valence-corrected chi connectivity index (χ4v) is 2.58. The Morgan fingerprint density at radius 3 is 2.64 bits per heavy atom. The highest BCUT2D eigenvalue weighted by Crippen LogP contribution is 2.21. The molecule has 2 rings (SSSR count). The maximum absolute atomic E-state index is 12.0. The van der Waals surface area contributed by atoms with E-state index in [0.717, 1.165) is 18.4 Å². The number of carboxylic acid groups (broad SMARTS) is 1. The highest BCUT2D eigenvalue weighted by atomic mass is 16.5. The third kappa shape index (κ3) is 4.10. The molecule has 1 aliphatic carbocycles. The Kier molecular flexibility index (Phi) is 5.58. The minimum atomic E-state index is -0.921. The molecule has 0 aliphatic heterocycles. The normalized spacial score (nSPS) is 15.5. The number of carbonyl (C=O) groups is 2. The highest BCUT2D eigenvalue weighted by Gasteiger charge is 2.23. The van der Waals surface area contributed by atoms with E-state index in [9.17, 15) is 14.7 Å². The molecule has 1 atom stereocenters. The van der Waals surface area contributed by atoms with Gasteiger partial charge in [0.05, 0.1) is 13.0 Å². The number of carboxylic acids is 1. The fraction of sp³-hybridized carbons (Fsp3) is 0.412. The van der Waals surface area contributed by atoms with Crippen molar-refractivity contribution in [3.05, 3.63) is 42.0 Å². The molecule has 5 heteroatoms. The number of nitrogens with one attached hydrogen (secondary N) is 1. The molecule has 1 unspecified atom stereocenters. The molecule has 22 heavy (non-hydrogen) atoms.